The molecule has 2 aromatic heterocycles. The van der Waals surface area contributed by atoms with Gasteiger partial charge in [0.05, 0.1) is 11.3 Å². The van der Waals surface area contributed by atoms with Gasteiger partial charge in [0.1, 0.15) is 11.9 Å². The Kier molecular flexibility index (Phi) is 2.45. The molecular weight excluding hydrogens is 224 g/mol. The van der Waals surface area contributed by atoms with Crippen molar-refractivity contribution in [3.63, 3.8) is 0 Å². The molecule has 0 unspecified atom stereocenters. The van der Waals surface area contributed by atoms with E-state index in [1.807, 2.05) is 31.3 Å². The van der Waals surface area contributed by atoms with Gasteiger partial charge >= 0.3 is 0 Å². The molecule has 0 aliphatic carbocycles. The van der Waals surface area contributed by atoms with Crippen LogP contribution < -0.4 is 4.90 Å². The summed E-state index contributed by atoms with van der Waals surface area (Å²) in [6.07, 6.45) is 4.70. The van der Waals surface area contributed by atoms with Crippen molar-refractivity contribution in [1.29, 1.82) is 5.26 Å². The third-order valence-corrected chi connectivity index (χ3v) is 3.24. The number of nitriles is 1. The molecule has 3 rings (SSSR count). The van der Waals surface area contributed by atoms with E-state index >= 15 is 0 Å². The third-order valence-electron chi connectivity index (χ3n) is 3.24. The first-order chi connectivity index (χ1) is 8.79. The molecule has 0 spiro atoms. The van der Waals surface area contributed by atoms with E-state index in [0.717, 1.165) is 24.5 Å². The summed E-state index contributed by atoms with van der Waals surface area (Å²) in [5.74, 6) is 0.899. The van der Waals surface area contributed by atoms with E-state index in [-0.39, 0.29) is 0 Å². The lowest BCUT2D eigenvalue weighted by Gasteiger charge is -2.18. The highest BCUT2D eigenvalue weighted by Crippen LogP contribution is 2.32. The first-order valence-corrected chi connectivity index (χ1v) is 5.88. The molecule has 3 heterocycles. The van der Waals surface area contributed by atoms with Crippen LogP contribution in [0.15, 0.2) is 30.6 Å². The summed E-state index contributed by atoms with van der Waals surface area (Å²) in [4.78, 5) is 10.8. The highest BCUT2D eigenvalue weighted by molar-refractivity contribution is 5.67. The van der Waals surface area contributed by atoms with E-state index in [1.165, 1.54) is 11.3 Å². The maximum absolute atomic E-state index is 8.92. The first-order valence-electron chi connectivity index (χ1n) is 5.88. The minimum absolute atomic E-state index is 0.632. The standard InChI is InChI=1S/C14H12N4/c1-10-11(8-15)2-3-14(17-10)18-7-5-12-9-16-6-4-13(12)18/h2-4,6,9H,5,7H2,1H3. The lowest BCUT2D eigenvalue weighted by atomic mass is 10.2. The largest absolute Gasteiger partial charge is 0.326 e. The molecule has 0 bridgehead atoms. The minimum Gasteiger partial charge on any atom is -0.326 e. The maximum Gasteiger partial charge on any atom is 0.133 e. The van der Waals surface area contributed by atoms with Gasteiger partial charge in [-0.1, -0.05) is 0 Å². The van der Waals surface area contributed by atoms with E-state index in [4.69, 9.17) is 5.26 Å². The number of nitrogens with zero attached hydrogens (tertiary/aromatic N) is 4. The van der Waals surface area contributed by atoms with Gasteiger partial charge in [-0.2, -0.15) is 5.26 Å². The number of rotatable bonds is 1. The zero-order valence-corrected chi connectivity index (χ0v) is 10.1. The number of fused-ring (bicyclic) bond motifs is 1. The van der Waals surface area contributed by atoms with Gasteiger partial charge < -0.3 is 4.90 Å². The summed E-state index contributed by atoms with van der Waals surface area (Å²) < 4.78 is 0. The first kappa shape index (κ1) is 10.7. The van der Waals surface area contributed by atoms with Crippen molar-refractivity contribution in [3.8, 4) is 6.07 Å². The molecule has 1 aliphatic heterocycles. The molecule has 0 radical (unpaired) electrons. The molecule has 0 saturated heterocycles. The summed E-state index contributed by atoms with van der Waals surface area (Å²) in [6.45, 7) is 2.78. The average Bonchev–Trinajstić information content (AvgIpc) is 2.82. The summed E-state index contributed by atoms with van der Waals surface area (Å²) in [6, 6.07) is 7.89. The number of aromatic nitrogens is 2. The van der Waals surface area contributed by atoms with Crippen LogP contribution >= 0.6 is 0 Å². The van der Waals surface area contributed by atoms with Gasteiger partial charge in [0, 0.05) is 24.6 Å². The maximum atomic E-state index is 8.92. The number of aryl methyl sites for hydroxylation is 1. The predicted molar refractivity (Wildman–Crippen MR) is 68.6 cm³/mol. The van der Waals surface area contributed by atoms with E-state index < -0.39 is 0 Å². The fourth-order valence-corrected chi connectivity index (χ4v) is 2.28. The Labute approximate surface area is 106 Å². The Morgan fingerprint density at radius 3 is 3.00 bits per heavy atom. The molecule has 4 nitrogen and oxygen atoms in total. The van der Waals surface area contributed by atoms with Crippen molar-refractivity contribution in [2.75, 3.05) is 11.4 Å². The van der Waals surface area contributed by atoms with Gasteiger partial charge in [0.2, 0.25) is 0 Å². The SMILES string of the molecule is Cc1nc(N2CCc3cnccc32)ccc1C#N. The van der Waals surface area contributed by atoms with Crippen LogP contribution in [-0.2, 0) is 6.42 Å². The summed E-state index contributed by atoms with van der Waals surface area (Å²) in [7, 11) is 0. The van der Waals surface area contributed by atoms with E-state index in [1.54, 1.807) is 6.20 Å². The lowest BCUT2D eigenvalue weighted by molar-refractivity contribution is 0.964. The van der Waals surface area contributed by atoms with Gasteiger partial charge in [0.15, 0.2) is 0 Å². The molecule has 4 heteroatoms. The summed E-state index contributed by atoms with van der Waals surface area (Å²) in [5, 5.41) is 8.92. The summed E-state index contributed by atoms with van der Waals surface area (Å²) >= 11 is 0. The topological polar surface area (TPSA) is 52.8 Å². The zero-order valence-electron chi connectivity index (χ0n) is 10.1. The fourth-order valence-electron chi connectivity index (χ4n) is 2.28. The van der Waals surface area contributed by atoms with Gasteiger partial charge in [0.25, 0.3) is 0 Å². The zero-order chi connectivity index (χ0) is 12.5. The van der Waals surface area contributed by atoms with Crippen molar-refractivity contribution in [2.45, 2.75) is 13.3 Å². The second-order valence-corrected chi connectivity index (χ2v) is 4.32. The molecule has 0 N–H and O–H groups in total. The smallest absolute Gasteiger partial charge is 0.133 e. The molecule has 0 aromatic carbocycles. The number of pyridine rings is 2. The molecule has 0 atom stereocenters. The monoisotopic (exact) mass is 236 g/mol. The molecule has 2 aromatic rings. The quantitative estimate of drug-likeness (QED) is 0.762. The molecule has 0 amide bonds. The Morgan fingerprint density at radius 1 is 1.33 bits per heavy atom. The highest BCUT2D eigenvalue weighted by atomic mass is 15.2. The summed E-state index contributed by atoms with van der Waals surface area (Å²) in [5.41, 5.74) is 3.83. The minimum atomic E-state index is 0.632. The second kappa shape index (κ2) is 4.11. The van der Waals surface area contributed by atoms with Gasteiger partial charge in [-0.25, -0.2) is 4.98 Å². The Balaban J connectivity index is 2.03. The van der Waals surface area contributed by atoms with Crippen LogP contribution in [0.4, 0.5) is 11.5 Å². The van der Waals surface area contributed by atoms with Crippen molar-refractivity contribution >= 4 is 11.5 Å². The normalized spacial score (nSPS) is 13.2. The van der Waals surface area contributed by atoms with Gasteiger partial charge in [-0.15, -0.1) is 0 Å². The van der Waals surface area contributed by atoms with Crippen LogP contribution in [0.5, 0.6) is 0 Å². The molecule has 0 saturated carbocycles. The van der Waals surface area contributed by atoms with Crippen molar-refractivity contribution in [1.82, 2.24) is 9.97 Å². The number of anilines is 2. The van der Waals surface area contributed by atoms with E-state index in [0.29, 0.717) is 5.56 Å². The van der Waals surface area contributed by atoms with E-state index in [9.17, 15) is 0 Å². The van der Waals surface area contributed by atoms with Crippen LogP contribution in [-0.4, -0.2) is 16.5 Å². The van der Waals surface area contributed by atoms with Crippen LogP contribution in [0.1, 0.15) is 16.8 Å². The third kappa shape index (κ3) is 1.61. The van der Waals surface area contributed by atoms with Crippen molar-refractivity contribution in [3.05, 3.63) is 47.4 Å². The Morgan fingerprint density at radius 2 is 2.22 bits per heavy atom. The number of hydrogen-bond donors (Lipinski definition) is 0. The van der Waals surface area contributed by atoms with Crippen LogP contribution in [0.25, 0.3) is 0 Å². The van der Waals surface area contributed by atoms with Gasteiger partial charge in [-0.05, 0) is 37.1 Å². The van der Waals surface area contributed by atoms with Crippen LogP contribution in [0.3, 0.4) is 0 Å². The fraction of sp³-hybridized carbons (Fsp3) is 0.214. The van der Waals surface area contributed by atoms with E-state index in [2.05, 4.69) is 20.9 Å². The molecule has 1 aliphatic rings. The molecular formula is C14H12N4. The van der Waals surface area contributed by atoms with Gasteiger partial charge in [-0.3, -0.25) is 4.98 Å². The van der Waals surface area contributed by atoms with Crippen molar-refractivity contribution in [2.24, 2.45) is 0 Å². The Bertz CT molecular complexity index is 642. The van der Waals surface area contributed by atoms with Crippen molar-refractivity contribution < 1.29 is 0 Å². The molecule has 88 valence electrons. The average molecular weight is 236 g/mol. The van der Waals surface area contributed by atoms with Crippen LogP contribution in [0, 0.1) is 18.3 Å². The van der Waals surface area contributed by atoms with Crippen LogP contribution in [0.2, 0.25) is 0 Å². The molecule has 18 heavy (non-hydrogen) atoms. The predicted octanol–water partition coefficient (Wildman–Crippen LogP) is 2.35. The lowest BCUT2D eigenvalue weighted by Crippen LogP contribution is -2.15. The molecule has 0 fully saturated rings. The Hall–Kier alpha value is -2.41. The second-order valence-electron chi connectivity index (χ2n) is 4.32. The highest BCUT2D eigenvalue weighted by Gasteiger charge is 2.21. The number of hydrogen-bond acceptors (Lipinski definition) is 4.